The van der Waals surface area contributed by atoms with Gasteiger partial charge in [0.15, 0.2) is 0 Å². The molecule has 1 heterocycles. The van der Waals surface area contributed by atoms with Crippen molar-refractivity contribution in [2.24, 2.45) is 5.16 Å². The van der Waals surface area contributed by atoms with Crippen LogP contribution in [0.15, 0.2) is 65.8 Å². The molecule has 1 aliphatic rings. The van der Waals surface area contributed by atoms with Crippen LogP contribution in [0.4, 0.5) is 4.79 Å². The summed E-state index contributed by atoms with van der Waals surface area (Å²) in [5.74, 6) is 0. The van der Waals surface area contributed by atoms with E-state index < -0.39 is 6.09 Å². The van der Waals surface area contributed by atoms with Crippen LogP contribution in [0.3, 0.4) is 0 Å². The molecule has 1 saturated heterocycles. The average Bonchev–Trinajstić information content (AvgIpc) is 3.10. The van der Waals surface area contributed by atoms with Crippen molar-refractivity contribution in [3.8, 4) is 0 Å². The largest absolute Gasteiger partial charge is 0.465 e. The van der Waals surface area contributed by atoms with E-state index in [1.807, 2.05) is 60.7 Å². The Hall–Kier alpha value is -2.82. The Morgan fingerprint density at radius 1 is 1.12 bits per heavy atom. The smallest absolute Gasteiger partial charge is 0.407 e. The molecule has 124 valence electrons. The minimum absolute atomic E-state index is 0.263. The van der Waals surface area contributed by atoms with E-state index in [-0.39, 0.29) is 6.04 Å². The topological polar surface area (TPSA) is 62.1 Å². The molecular formula is C19H20N2O3. The normalized spacial score (nSPS) is 17.8. The number of carbonyl (C=O) groups is 1. The molecule has 0 bridgehead atoms. The first kappa shape index (κ1) is 16.1. The minimum atomic E-state index is -0.913. The van der Waals surface area contributed by atoms with Crippen LogP contribution in [-0.2, 0) is 11.4 Å². The van der Waals surface area contributed by atoms with Crippen molar-refractivity contribution in [1.82, 2.24) is 4.90 Å². The van der Waals surface area contributed by atoms with Gasteiger partial charge < -0.3 is 9.94 Å². The van der Waals surface area contributed by atoms with Crippen molar-refractivity contribution in [1.29, 1.82) is 0 Å². The Morgan fingerprint density at radius 3 is 2.46 bits per heavy atom. The number of oxime groups is 1. The zero-order valence-electron chi connectivity index (χ0n) is 13.3. The second kappa shape index (κ2) is 7.64. The summed E-state index contributed by atoms with van der Waals surface area (Å²) in [5, 5.41) is 13.7. The molecule has 2 aromatic carbocycles. The standard InChI is InChI=1S/C19H20N2O3/c22-19(23)21-13-7-12-17(21)18(16-10-5-2-6-11-16)20-24-14-15-8-3-1-4-9-15/h1-6,8-11,17H,7,12-14H2,(H,22,23)/b20-18+. The van der Waals surface area contributed by atoms with E-state index in [2.05, 4.69) is 5.16 Å². The fraction of sp³-hybridized carbons (Fsp3) is 0.263. The van der Waals surface area contributed by atoms with Gasteiger partial charge in [-0.1, -0.05) is 65.8 Å². The number of likely N-dealkylation sites (tertiary alicyclic amines) is 1. The maximum atomic E-state index is 11.5. The maximum Gasteiger partial charge on any atom is 0.407 e. The molecule has 1 aliphatic heterocycles. The number of amides is 1. The van der Waals surface area contributed by atoms with Crippen molar-refractivity contribution in [2.75, 3.05) is 6.54 Å². The van der Waals surface area contributed by atoms with Gasteiger partial charge >= 0.3 is 6.09 Å². The molecule has 1 fully saturated rings. The van der Waals surface area contributed by atoms with Gasteiger partial charge in [-0.15, -0.1) is 0 Å². The summed E-state index contributed by atoms with van der Waals surface area (Å²) >= 11 is 0. The molecule has 5 heteroatoms. The Morgan fingerprint density at radius 2 is 1.79 bits per heavy atom. The molecule has 5 nitrogen and oxygen atoms in total. The Kier molecular flexibility index (Phi) is 5.11. The van der Waals surface area contributed by atoms with Gasteiger partial charge in [-0.25, -0.2) is 4.79 Å². The van der Waals surface area contributed by atoms with Gasteiger partial charge in [-0.05, 0) is 18.4 Å². The number of benzene rings is 2. The highest BCUT2D eigenvalue weighted by Crippen LogP contribution is 2.22. The summed E-state index contributed by atoms with van der Waals surface area (Å²) in [6, 6.07) is 19.2. The molecule has 2 aromatic rings. The molecule has 0 aromatic heterocycles. The van der Waals surface area contributed by atoms with E-state index in [4.69, 9.17) is 4.84 Å². The van der Waals surface area contributed by atoms with Gasteiger partial charge in [0.25, 0.3) is 0 Å². The first-order valence-electron chi connectivity index (χ1n) is 8.04. The first-order valence-corrected chi connectivity index (χ1v) is 8.04. The van der Waals surface area contributed by atoms with Crippen LogP contribution in [-0.4, -0.2) is 34.4 Å². The number of carboxylic acid groups (broad SMARTS) is 1. The van der Waals surface area contributed by atoms with Crippen molar-refractivity contribution in [2.45, 2.75) is 25.5 Å². The van der Waals surface area contributed by atoms with Gasteiger partial charge in [-0.2, -0.15) is 0 Å². The fourth-order valence-corrected chi connectivity index (χ4v) is 2.95. The van der Waals surface area contributed by atoms with E-state index in [9.17, 15) is 9.90 Å². The number of hydrogen-bond donors (Lipinski definition) is 1. The molecule has 1 unspecified atom stereocenters. The monoisotopic (exact) mass is 324 g/mol. The highest BCUT2D eigenvalue weighted by atomic mass is 16.6. The molecule has 0 radical (unpaired) electrons. The van der Waals surface area contributed by atoms with Gasteiger partial charge in [0.05, 0.1) is 6.04 Å². The zero-order chi connectivity index (χ0) is 16.8. The van der Waals surface area contributed by atoms with Gasteiger partial charge in [0, 0.05) is 12.1 Å². The van der Waals surface area contributed by atoms with E-state index in [0.717, 1.165) is 24.0 Å². The van der Waals surface area contributed by atoms with Gasteiger partial charge in [-0.3, -0.25) is 4.90 Å². The molecule has 1 atom stereocenters. The predicted molar refractivity (Wildman–Crippen MR) is 92.0 cm³/mol. The lowest BCUT2D eigenvalue weighted by atomic mass is 10.0. The van der Waals surface area contributed by atoms with Crippen LogP contribution in [0.1, 0.15) is 24.0 Å². The number of hydrogen-bond acceptors (Lipinski definition) is 3. The molecule has 0 aliphatic carbocycles. The summed E-state index contributed by atoms with van der Waals surface area (Å²) in [6.07, 6.45) is 0.681. The van der Waals surface area contributed by atoms with Crippen molar-refractivity contribution < 1.29 is 14.7 Å². The first-order chi connectivity index (χ1) is 11.8. The fourth-order valence-electron chi connectivity index (χ4n) is 2.95. The van der Waals surface area contributed by atoms with Crippen LogP contribution >= 0.6 is 0 Å². The lowest BCUT2D eigenvalue weighted by Crippen LogP contribution is -2.40. The third kappa shape index (κ3) is 3.74. The van der Waals surface area contributed by atoms with Crippen molar-refractivity contribution in [3.05, 3.63) is 71.8 Å². The van der Waals surface area contributed by atoms with Gasteiger partial charge in [0.1, 0.15) is 12.3 Å². The number of nitrogens with zero attached hydrogens (tertiary/aromatic N) is 2. The molecule has 1 N–H and O–H groups in total. The number of rotatable bonds is 5. The molecular weight excluding hydrogens is 304 g/mol. The summed E-state index contributed by atoms with van der Waals surface area (Å²) in [5.41, 5.74) is 2.59. The van der Waals surface area contributed by atoms with E-state index in [1.165, 1.54) is 4.90 Å². The van der Waals surface area contributed by atoms with Gasteiger partial charge in [0.2, 0.25) is 0 Å². The quantitative estimate of drug-likeness (QED) is 0.673. The Balaban J connectivity index is 1.82. The highest BCUT2D eigenvalue weighted by molar-refractivity contribution is 6.05. The maximum absolute atomic E-state index is 11.5. The lowest BCUT2D eigenvalue weighted by molar-refractivity contribution is 0.125. The van der Waals surface area contributed by atoms with E-state index in [0.29, 0.717) is 18.9 Å². The summed E-state index contributed by atoms with van der Waals surface area (Å²) < 4.78 is 0. The molecule has 3 rings (SSSR count). The molecule has 1 amide bonds. The third-order valence-corrected chi connectivity index (χ3v) is 4.12. The van der Waals surface area contributed by atoms with Crippen LogP contribution in [0.2, 0.25) is 0 Å². The van der Waals surface area contributed by atoms with Crippen LogP contribution < -0.4 is 0 Å². The summed E-state index contributed by atoms with van der Waals surface area (Å²) in [6.45, 7) is 0.890. The lowest BCUT2D eigenvalue weighted by Gasteiger charge is -2.23. The predicted octanol–water partition coefficient (Wildman–Crippen LogP) is 3.75. The summed E-state index contributed by atoms with van der Waals surface area (Å²) in [4.78, 5) is 18.5. The second-order valence-electron chi connectivity index (χ2n) is 5.74. The SMILES string of the molecule is O=C(O)N1CCCC1/C(=N/OCc1ccccc1)c1ccccc1. The van der Waals surface area contributed by atoms with Crippen LogP contribution in [0.5, 0.6) is 0 Å². The minimum Gasteiger partial charge on any atom is -0.465 e. The zero-order valence-corrected chi connectivity index (χ0v) is 13.3. The van der Waals surface area contributed by atoms with Crippen LogP contribution in [0, 0.1) is 0 Å². The third-order valence-electron chi connectivity index (χ3n) is 4.12. The molecule has 24 heavy (non-hydrogen) atoms. The molecule has 0 saturated carbocycles. The van der Waals surface area contributed by atoms with Crippen molar-refractivity contribution in [3.63, 3.8) is 0 Å². The Bertz CT molecular complexity index is 701. The Labute approximate surface area is 141 Å². The van der Waals surface area contributed by atoms with Crippen LogP contribution in [0.25, 0.3) is 0 Å². The van der Waals surface area contributed by atoms with E-state index >= 15 is 0 Å². The highest BCUT2D eigenvalue weighted by Gasteiger charge is 2.33. The average molecular weight is 324 g/mol. The summed E-state index contributed by atoms with van der Waals surface area (Å²) in [7, 11) is 0. The second-order valence-corrected chi connectivity index (χ2v) is 5.74. The van der Waals surface area contributed by atoms with E-state index in [1.54, 1.807) is 0 Å². The molecule has 0 spiro atoms. The van der Waals surface area contributed by atoms with Crippen molar-refractivity contribution >= 4 is 11.8 Å².